The molecule has 1 N–H and O–H groups in total. The van der Waals surface area contributed by atoms with Crippen LogP contribution in [0.25, 0.3) is 0 Å². The number of carboxylic acid groups (broad SMARTS) is 1. The molecule has 3 nitrogen and oxygen atoms in total. The second-order valence-electron chi connectivity index (χ2n) is 2.95. The van der Waals surface area contributed by atoms with Crippen LogP contribution >= 0.6 is 0 Å². The Hall–Kier alpha value is -1.71. The highest BCUT2D eigenvalue weighted by Gasteiger charge is 2.15. The number of hydrogen-bond acceptors (Lipinski definition) is 2. The van der Waals surface area contributed by atoms with Gasteiger partial charge in [0.15, 0.2) is 0 Å². The van der Waals surface area contributed by atoms with E-state index in [2.05, 4.69) is 0 Å². The highest BCUT2D eigenvalue weighted by atomic mass is 19.1. The normalized spacial score (nSPS) is 9.86. The zero-order valence-corrected chi connectivity index (χ0v) is 7.58. The van der Waals surface area contributed by atoms with Gasteiger partial charge < -0.3 is 5.11 Å². The molecule has 0 saturated heterocycles. The molecule has 74 valence electrons. The van der Waals surface area contributed by atoms with Crippen LogP contribution in [-0.4, -0.2) is 16.9 Å². The van der Waals surface area contributed by atoms with Crippen molar-refractivity contribution >= 4 is 11.8 Å². The van der Waals surface area contributed by atoms with Crippen LogP contribution in [0.15, 0.2) is 18.2 Å². The lowest BCUT2D eigenvalue weighted by atomic mass is 10.1. The Kier molecular flexibility index (Phi) is 2.96. The van der Waals surface area contributed by atoms with Crippen molar-refractivity contribution in [2.24, 2.45) is 0 Å². The molecule has 0 saturated carbocycles. The number of benzene rings is 1. The Bertz CT molecular complexity index is 385. The first-order chi connectivity index (χ1) is 6.52. The zero-order valence-electron chi connectivity index (χ0n) is 7.58. The van der Waals surface area contributed by atoms with Crippen molar-refractivity contribution in [2.75, 3.05) is 0 Å². The maximum atomic E-state index is 13.3. The third kappa shape index (κ3) is 2.16. The van der Waals surface area contributed by atoms with Crippen LogP contribution in [0, 0.1) is 12.7 Å². The first-order valence-corrected chi connectivity index (χ1v) is 4.02. The Morgan fingerprint density at radius 1 is 1.43 bits per heavy atom. The number of aryl methyl sites for hydroxylation is 1. The van der Waals surface area contributed by atoms with Gasteiger partial charge in [-0.15, -0.1) is 0 Å². The number of rotatable bonds is 3. The average Bonchev–Trinajstić information content (AvgIpc) is 2.12. The number of aliphatic carboxylic acids is 1. The topological polar surface area (TPSA) is 54.4 Å². The lowest BCUT2D eigenvalue weighted by Gasteiger charge is -2.02. The second-order valence-corrected chi connectivity index (χ2v) is 2.95. The maximum Gasteiger partial charge on any atom is 0.372 e. The Morgan fingerprint density at radius 2 is 2.07 bits per heavy atom. The van der Waals surface area contributed by atoms with Crippen molar-refractivity contribution in [2.45, 2.75) is 13.3 Å². The molecule has 14 heavy (non-hydrogen) atoms. The highest BCUT2D eigenvalue weighted by Crippen LogP contribution is 2.12. The molecule has 0 fully saturated rings. The number of ketones is 1. The van der Waals surface area contributed by atoms with E-state index in [1.165, 1.54) is 6.07 Å². The summed E-state index contributed by atoms with van der Waals surface area (Å²) >= 11 is 0. The van der Waals surface area contributed by atoms with Gasteiger partial charge in [0.05, 0.1) is 0 Å². The first-order valence-electron chi connectivity index (χ1n) is 4.02. The average molecular weight is 196 g/mol. The molecule has 0 heterocycles. The molecular formula is C10H9FO3. The van der Waals surface area contributed by atoms with E-state index in [-0.39, 0.29) is 5.56 Å². The summed E-state index contributed by atoms with van der Waals surface area (Å²) in [5.41, 5.74) is 0.526. The molecule has 0 spiro atoms. The fourth-order valence-corrected chi connectivity index (χ4v) is 1.09. The van der Waals surface area contributed by atoms with E-state index >= 15 is 0 Å². The predicted molar refractivity (Wildman–Crippen MR) is 47.5 cm³/mol. The highest BCUT2D eigenvalue weighted by molar-refractivity contribution is 6.33. The monoisotopic (exact) mass is 196 g/mol. The van der Waals surface area contributed by atoms with Gasteiger partial charge in [-0.25, -0.2) is 9.18 Å². The van der Waals surface area contributed by atoms with Crippen LogP contribution < -0.4 is 0 Å². The molecule has 0 atom stereocenters. The van der Waals surface area contributed by atoms with Crippen LogP contribution in [0.1, 0.15) is 11.1 Å². The third-order valence-corrected chi connectivity index (χ3v) is 1.86. The Labute approximate surface area is 80.2 Å². The van der Waals surface area contributed by atoms with Crippen molar-refractivity contribution in [1.82, 2.24) is 0 Å². The molecule has 0 aliphatic rings. The van der Waals surface area contributed by atoms with Gasteiger partial charge in [-0.3, -0.25) is 4.79 Å². The zero-order chi connectivity index (χ0) is 10.7. The van der Waals surface area contributed by atoms with Crippen molar-refractivity contribution in [3.05, 3.63) is 35.1 Å². The molecule has 0 aliphatic heterocycles. The predicted octanol–water partition coefficient (Wildman–Crippen LogP) is 1.33. The van der Waals surface area contributed by atoms with Crippen molar-refractivity contribution in [3.8, 4) is 0 Å². The van der Waals surface area contributed by atoms with Crippen LogP contribution in [0.3, 0.4) is 0 Å². The minimum atomic E-state index is -1.54. The number of Topliss-reactive ketones (excluding diaryl/α,β-unsaturated/α-hetero) is 1. The fourth-order valence-electron chi connectivity index (χ4n) is 1.09. The molecule has 1 aromatic rings. The smallest absolute Gasteiger partial charge is 0.372 e. The summed E-state index contributed by atoms with van der Waals surface area (Å²) in [4.78, 5) is 21.0. The van der Waals surface area contributed by atoms with Crippen molar-refractivity contribution in [1.29, 1.82) is 0 Å². The van der Waals surface area contributed by atoms with Gasteiger partial charge in [0, 0.05) is 6.42 Å². The summed E-state index contributed by atoms with van der Waals surface area (Å²) in [6, 6.07) is 4.55. The molecular weight excluding hydrogens is 187 g/mol. The number of carbonyl (C=O) groups is 2. The minimum Gasteiger partial charge on any atom is -0.475 e. The molecule has 0 radical (unpaired) electrons. The van der Waals surface area contributed by atoms with E-state index < -0.39 is 24.0 Å². The van der Waals surface area contributed by atoms with Crippen LogP contribution in [-0.2, 0) is 16.0 Å². The molecule has 1 aromatic carbocycles. The summed E-state index contributed by atoms with van der Waals surface area (Å²) in [6.45, 7) is 1.56. The summed E-state index contributed by atoms with van der Waals surface area (Å²) < 4.78 is 13.3. The van der Waals surface area contributed by atoms with Gasteiger partial charge in [-0.05, 0) is 18.1 Å². The van der Waals surface area contributed by atoms with Crippen LogP contribution in [0.5, 0.6) is 0 Å². The van der Waals surface area contributed by atoms with Gasteiger partial charge in [0.2, 0.25) is 5.78 Å². The lowest BCUT2D eigenvalue weighted by molar-refractivity contribution is -0.148. The minimum absolute atomic E-state index is 0.123. The molecule has 0 bridgehead atoms. The Balaban J connectivity index is 2.93. The third-order valence-electron chi connectivity index (χ3n) is 1.86. The molecule has 4 heteroatoms. The fraction of sp³-hybridized carbons (Fsp3) is 0.200. The maximum absolute atomic E-state index is 13.3. The number of hydrogen-bond donors (Lipinski definition) is 1. The quantitative estimate of drug-likeness (QED) is 0.742. The number of carbonyl (C=O) groups excluding carboxylic acids is 1. The summed E-state index contributed by atoms with van der Waals surface area (Å²) in [5, 5.41) is 8.33. The van der Waals surface area contributed by atoms with E-state index in [9.17, 15) is 14.0 Å². The van der Waals surface area contributed by atoms with Crippen molar-refractivity contribution < 1.29 is 19.1 Å². The molecule has 0 unspecified atom stereocenters. The van der Waals surface area contributed by atoms with Gasteiger partial charge in [-0.2, -0.15) is 0 Å². The number of halogens is 1. The lowest BCUT2D eigenvalue weighted by Crippen LogP contribution is -2.16. The summed E-state index contributed by atoms with van der Waals surface area (Å²) in [5.74, 6) is -3.05. The van der Waals surface area contributed by atoms with Gasteiger partial charge >= 0.3 is 5.97 Å². The molecule has 0 amide bonds. The number of carboxylic acids is 1. The molecule has 0 aliphatic carbocycles. The second kappa shape index (κ2) is 4.00. The van der Waals surface area contributed by atoms with E-state index in [0.717, 1.165) is 0 Å². The Morgan fingerprint density at radius 3 is 2.64 bits per heavy atom. The largest absolute Gasteiger partial charge is 0.475 e. The van der Waals surface area contributed by atoms with E-state index in [1.54, 1.807) is 19.1 Å². The van der Waals surface area contributed by atoms with Crippen LogP contribution in [0.4, 0.5) is 4.39 Å². The van der Waals surface area contributed by atoms with Gasteiger partial charge in [0.1, 0.15) is 5.82 Å². The summed E-state index contributed by atoms with van der Waals surface area (Å²) in [7, 11) is 0. The molecule has 1 rings (SSSR count). The molecule has 0 aromatic heterocycles. The van der Waals surface area contributed by atoms with E-state index in [0.29, 0.717) is 5.56 Å². The van der Waals surface area contributed by atoms with Gasteiger partial charge in [0.25, 0.3) is 0 Å². The van der Waals surface area contributed by atoms with E-state index in [4.69, 9.17) is 5.11 Å². The van der Waals surface area contributed by atoms with Gasteiger partial charge in [-0.1, -0.05) is 18.2 Å². The first kappa shape index (κ1) is 10.4. The van der Waals surface area contributed by atoms with Crippen molar-refractivity contribution in [3.63, 3.8) is 0 Å². The SMILES string of the molecule is Cc1cccc(CC(=O)C(=O)O)c1F. The standard InChI is InChI=1S/C10H9FO3/c1-6-3-2-4-7(9(6)11)5-8(12)10(13)14/h2-4H,5H2,1H3,(H,13,14). The summed E-state index contributed by atoms with van der Waals surface area (Å²) in [6.07, 6.45) is -0.400. The van der Waals surface area contributed by atoms with Crippen LogP contribution in [0.2, 0.25) is 0 Å². The van der Waals surface area contributed by atoms with E-state index in [1.807, 2.05) is 0 Å².